The summed E-state index contributed by atoms with van der Waals surface area (Å²) in [6, 6.07) is 63.9. The normalized spacial score (nSPS) is 19.0. The number of rotatable bonds is 12. The lowest BCUT2D eigenvalue weighted by molar-refractivity contribution is -0.121. The van der Waals surface area contributed by atoms with E-state index in [9.17, 15) is 4.79 Å². The Hall–Kier alpha value is -6.59. The van der Waals surface area contributed by atoms with Crippen molar-refractivity contribution in [2.75, 3.05) is 0 Å². The fraction of sp³-hybridized carbons (Fsp3) is 0.157. The van der Waals surface area contributed by atoms with E-state index >= 15 is 0 Å². The SMILES string of the molecule is O=C(C1CC1c1cn(C(c2ccccc2)(c2ccccc2)c2ccccc2)cn1)C1CC1c1cn(C(c2ccccc2)(c2ccccc2)c2ccccc2)cn1. The molecule has 5 heteroatoms. The number of Topliss-reactive ketones (excluding diaryl/α,β-unsaturated/α-hetero) is 1. The van der Waals surface area contributed by atoms with Crippen molar-refractivity contribution in [3.8, 4) is 0 Å². The summed E-state index contributed by atoms with van der Waals surface area (Å²) >= 11 is 0. The Morgan fingerprint density at radius 2 is 0.661 bits per heavy atom. The lowest BCUT2D eigenvalue weighted by Gasteiger charge is -2.37. The molecule has 2 aromatic heterocycles. The number of aromatic nitrogens is 4. The largest absolute Gasteiger partial charge is 0.319 e. The van der Waals surface area contributed by atoms with E-state index in [1.165, 1.54) is 0 Å². The zero-order chi connectivity index (χ0) is 37.5. The molecular formula is C51H42N4O. The van der Waals surface area contributed by atoms with Crippen molar-refractivity contribution in [2.24, 2.45) is 11.8 Å². The zero-order valence-corrected chi connectivity index (χ0v) is 31.1. The van der Waals surface area contributed by atoms with Crippen LogP contribution in [0, 0.1) is 11.8 Å². The summed E-state index contributed by atoms with van der Waals surface area (Å²) in [6.07, 6.45) is 9.98. The van der Waals surface area contributed by atoms with Crippen molar-refractivity contribution in [2.45, 2.75) is 35.8 Å². The van der Waals surface area contributed by atoms with E-state index in [0.717, 1.165) is 57.6 Å². The minimum absolute atomic E-state index is 0.0212. The number of carbonyl (C=O) groups excluding carboxylic acids is 1. The predicted molar refractivity (Wildman–Crippen MR) is 220 cm³/mol. The fourth-order valence-corrected chi connectivity index (χ4v) is 9.34. The summed E-state index contributed by atoms with van der Waals surface area (Å²) in [7, 11) is 0. The third-order valence-corrected chi connectivity index (χ3v) is 12.2. The molecule has 0 saturated heterocycles. The first-order valence-corrected chi connectivity index (χ1v) is 19.6. The first-order chi connectivity index (χ1) is 27.7. The van der Waals surface area contributed by atoms with Gasteiger partial charge in [-0.25, -0.2) is 9.97 Å². The molecule has 56 heavy (non-hydrogen) atoms. The Kier molecular flexibility index (Phi) is 8.44. The summed E-state index contributed by atoms with van der Waals surface area (Å²) in [5, 5.41) is 0. The van der Waals surface area contributed by atoms with Crippen LogP contribution >= 0.6 is 0 Å². The van der Waals surface area contributed by atoms with Gasteiger partial charge in [0.15, 0.2) is 0 Å². The van der Waals surface area contributed by atoms with Crippen LogP contribution in [-0.2, 0) is 15.9 Å². The van der Waals surface area contributed by atoms with Crippen LogP contribution in [-0.4, -0.2) is 24.9 Å². The third-order valence-electron chi connectivity index (χ3n) is 12.2. The molecule has 0 N–H and O–H groups in total. The Balaban J connectivity index is 0.941. The second-order valence-electron chi connectivity index (χ2n) is 15.3. The van der Waals surface area contributed by atoms with Crippen LogP contribution in [0.5, 0.6) is 0 Å². The van der Waals surface area contributed by atoms with Gasteiger partial charge in [0.05, 0.1) is 24.0 Å². The average molecular weight is 727 g/mol. The van der Waals surface area contributed by atoms with Gasteiger partial charge < -0.3 is 9.13 Å². The highest BCUT2D eigenvalue weighted by atomic mass is 16.1. The molecule has 6 aromatic carbocycles. The minimum atomic E-state index is -0.627. The molecule has 5 nitrogen and oxygen atoms in total. The maximum Gasteiger partial charge on any atom is 0.140 e. The standard InChI is InChI=1S/C51H42N4O/c56-49(45-31-43(45)47-33-54(35-52-47)50(37-19-7-1-8-20-37,38-21-9-2-10-22-38)39-23-11-3-12-24-39)46-32-44(46)48-34-55(36-53-48)51(40-25-13-4-14-26-40,41-27-15-5-16-28-41)42-29-17-6-18-30-42/h1-30,33-36,43-46H,31-32H2. The van der Waals surface area contributed by atoms with Gasteiger partial charge in [-0.3, -0.25) is 4.79 Å². The summed E-state index contributed by atoms with van der Waals surface area (Å²) in [4.78, 5) is 24.2. The van der Waals surface area contributed by atoms with Crippen molar-refractivity contribution in [3.05, 3.63) is 252 Å². The second-order valence-corrected chi connectivity index (χ2v) is 15.3. The number of carbonyl (C=O) groups is 1. The number of ketones is 1. The average Bonchev–Trinajstić information content (AvgIpc) is 4.15. The summed E-state index contributed by atoms with van der Waals surface area (Å²) in [5.74, 6) is 0.540. The van der Waals surface area contributed by atoms with Gasteiger partial charge in [0.1, 0.15) is 16.9 Å². The highest BCUT2D eigenvalue weighted by Crippen LogP contribution is 2.57. The molecule has 0 radical (unpaired) electrons. The van der Waals surface area contributed by atoms with Crippen molar-refractivity contribution in [1.29, 1.82) is 0 Å². The van der Waals surface area contributed by atoms with Crippen LogP contribution in [0.25, 0.3) is 0 Å². The number of hydrogen-bond acceptors (Lipinski definition) is 3. The number of imidazole rings is 2. The van der Waals surface area contributed by atoms with E-state index in [-0.39, 0.29) is 23.7 Å². The summed E-state index contributed by atoms with van der Waals surface area (Å²) in [6.45, 7) is 0. The van der Waals surface area contributed by atoms with E-state index in [2.05, 4.69) is 204 Å². The van der Waals surface area contributed by atoms with E-state index < -0.39 is 11.1 Å². The molecule has 0 bridgehead atoms. The number of nitrogens with zero attached hydrogens (tertiary/aromatic N) is 4. The molecule has 2 aliphatic rings. The second kappa shape index (κ2) is 13.9. The van der Waals surface area contributed by atoms with E-state index in [1.54, 1.807) is 0 Å². The molecule has 2 heterocycles. The fourth-order valence-electron chi connectivity index (χ4n) is 9.34. The lowest BCUT2D eigenvalue weighted by Crippen LogP contribution is -2.36. The molecule has 10 rings (SSSR count). The molecule has 4 atom stereocenters. The van der Waals surface area contributed by atoms with Crippen LogP contribution in [0.3, 0.4) is 0 Å². The molecule has 2 fully saturated rings. The van der Waals surface area contributed by atoms with Gasteiger partial charge in [-0.2, -0.15) is 0 Å². The number of hydrogen-bond donors (Lipinski definition) is 0. The lowest BCUT2D eigenvalue weighted by atomic mass is 9.77. The molecular weight excluding hydrogens is 685 g/mol. The quantitative estimate of drug-likeness (QED) is 0.118. The van der Waals surface area contributed by atoms with E-state index in [0.29, 0.717) is 5.78 Å². The predicted octanol–water partition coefficient (Wildman–Crippen LogP) is 10.2. The Morgan fingerprint density at radius 1 is 0.411 bits per heavy atom. The van der Waals surface area contributed by atoms with Crippen molar-refractivity contribution >= 4 is 5.78 Å². The van der Waals surface area contributed by atoms with Gasteiger partial charge in [-0.15, -0.1) is 0 Å². The Labute approximate surface area is 328 Å². The van der Waals surface area contributed by atoms with Crippen LogP contribution < -0.4 is 0 Å². The van der Waals surface area contributed by atoms with Gasteiger partial charge in [0.25, 0.3) is 0 Å². The van der Waals surface area contributed by atoms with Gasteiger partial charge >= 0.3 is 0 Å². The maximum absolute atomic E-state index is 14.2. The van der Waals surface area contributed by atoms with Gasteiger partial charge in [-0.05, 0) is 46.2 Å². The monoisotopic (exact) mass is 726 g/mol. The van der Waals surface area contributed by atoms with Gasteiger partial charge in [-0.1, -0.05) is 182 Å². The molecule has 0 amide bonds. The maximum atomic E-state index is 14.2. The molecule has 2 saturated carbocycles. The van der Waals surface area contributed by atoms with E-state index in [4.69, 9.17) is 9.97 Å². The number of benzene rings is 6. The third kappa shape index (κ3) is 5.57. The van der Waals surface area contributed by atoms with E-state index in [1.807, 2.05) is 12.7 Å². The minimum Gasteiger partial charge on any atom is -0.319 e. The molecule has 4 unspecified atom stereocenters. The highest BCUT2D eigenvalue weighted by molar-refractivity contribution is 5.90. The smallest absolute Gasteiger partial charge is 0.140 e. The van der Waals surface area contributed by atoms with Crippen LogP contribution in [0.4, 0.5) is 0 Å². The van der Waals surface area contributed by atoms with Crippen molar-refractivity contribution < 1.29 is 4.79 Å². The zero-order valence-electron chi connectivity index (χ0n) is 31.1. The van der Waals surface area contributed by atoms with Crippen molar-refractivity contribution in [3.63, 3.8) is 0 Å². The van der Waals surface area contributed by atoms with Gasteiger partial charge in [0.2, 0.25) is 0 Å². The molecule has 0 aliphatic heterocycles. The summed E-state index contributed by atoms with van der Waals surface area (Å²) < 4.78 is 4.51. The molecule has 2 aliphatic carbocycles. The van der Waals surface area contributed by atoms with Crippen LogP contribution in [0.1, 0.15) is 69.4 Å². The van der Waals surface area contributed by atoms with Crippen LogP contribution in [0.2, 0.25) is 0 Å². The molecule has 272 valence electrons. The molecule has 8 aromatic rings. The Morgan fingerprint density at radius 3 is 0.911 bits per heavy atom. The topological polar surface area (TPSA) is 52.7 Å². The highest BCUT2D eigenvalue weighted by Gasteiger charge is 2.55. The van der Waals surface area contributed by atoms with Crippen molar-refractivity contribution in [1.82, 2.24) is 19.1 Å². The summed E-state index contributed by atoms with van der Waals surface area (Å²) in [5.41, 5.74) is 7.63. The van der Waals surface area contributed by atoms with Crippen LogP contribution in [0.15, 0.2) is 207 Å². The Bertz CT molecular complexity index is 2190. The van der Waals surface area contributed by atoms with Gasteiger partial charge in [0, 0.05) is 36.1 Å². The molecule has 0 spiro atoms. The first kappa shape index (κ1) is 33.9. The first-order valence-electron chi connectivity index (χ1n) is 19.6.